The number of nitrogens with zero attached hydrogens (tertiary/aromatic N) is 2. The van der Waals surface area contributed by atoms with Gasteiger partial charge in [-0.15, -0.1) is 6.42 Å². The third-order valence-electron chi connectivity index (χ3n) is 1.39. The van der Waals surface area contributed by atoms with Crippen molar-refractivity contribution >= 4 is 5.82 Å². The van der Waals surface area contributed by atoms with Crippen molar-refractivity contribution in [1.29, 1.82) is 0 Å². The molecule has 1 aromatic heterocycles. The van der Waals surface area contributed by atoms with E-state index in [4.69, 9.17) is 17.9 Å². The first-order chi connectivity index (χ1) is 6.90. The molecule has 1 aromatic rings. The zero-order valence-electron chi connectivity index (χ0n) is 8.70. The monoisotopic (exact) mass is 200 g/mol. The Balaban J connectivity index is 3.11. The fourth-order valence-corrected chi connectivity index (χ4v) is 0.813. The summed E-state index contributed by atoms with van der Waals surface area (Å²) >= 11 is 0. The Hall–Kier alpha value is -2.04. The molecule has 0 saturated carbocycles. The maximum atomic E-state index is 5.69. The average molecular weight is 200 g/mol. The standard InChI is InChI=1S/C11H12N4/c1-4-8-7-9(12)15-10(14-8)5-6-11(2,3)13/h1,7H,13H2,2-3H3,(H2,12,14,15). The first-order valence-electron chi connectivity index (χ1n) is 4.34. The van der Waals surface area contributed by atoms with Gasteiger partial charge in [0.25, 0.3) is 0 Å². The molecule has 0 aliphatic heterocycles. The predicted octanol–water partition coefficient (Wildman–Crippen LogP) is 0.129. The van der Waals surface area contributed by atoms with E-state index in [9.17, 15) is 0 Å². The van der Waals surface area contributed by atoms with Crippen LogP contribution in [0.2, 0.25) is 0 Å². The smallest absolute Gasteiger partial charge is 0.208 e. The van der Waals surface area contributed by atoms with Crippen LogP contribution < -0.4 is 11.5 Å². The molecule has 0 atom stereocenters. The van der Waals surface area contributed by atoms with Crippen LogP contribution in [0.1, 0.15) is 25.4 Å². The van der Waals surface area contributed by atoms with Crippen LogP contribution in [0, 0.1) is 24.2 Å². The average Bonchev–Trinajstić information content (AvgIpc) is 2.13. The highest BCUT2D eigenvalue weighted by Crippen LogP contribution is 2.01. The summed E-state index contributed by atoms with van der Waals surface area (Å²) in [6, 6.07) is 1.51. The molecule has 1 heterocycles. The number of hydrogen-bond donors (Lipinski definition) is 2. The Morgan fingerprint density at radius 1 is 1.40 bits per heavy atom. The number of nitrogens with two attached hydrogens (primary N) is 2. The van der Waals surface area contributed by atoms with E-state index in [1.165, 1.54) is 6.07 Å². The highest BCUT2D eigenvalue weighted by Gasteiger charge is 2.04. The van der Waals surface area contributed by atoms with E-state index >= 15 is 0 Å². The number of anilines is 1. The van der Waals surface area contributed by atoms with E-state index in [0.29, 0.717) is 17.3 Å². The number of aromatic nitrogens is 2. The molecule has 0 aromatic carbocycles. The SMILES string of the molecule is C#Cc1cc(N)nc(C#CC(C)(C)N)n1. The minimum absolute atomic E-state index is 0.293. The molecule has 4 nitrogen and oxygen atoms in total. The van der Waals surface area contributed by atoms with Crippen molar-refractivity contribution in [2.24, 2.45) is 5.73 Å². The molecule has 0 amide bonds. The second-order valence-electron chi connectivity index (χ2n) is 3.62. The number of nitrogen functional groups attached to an aromatic ring is 1. The number of terminal acetylenes is 1. The van der Waals surface area contributed by atoms with E-state index in [2.05, 4.69) is 27.7 Å². The molecular weight excluding hydrogens is 188 g/mol. The summed E-state index contributed by atoms with van der Waals surface area (Å²) < 4.78 is 0. The second-order valence-corrected chi connectivity index (χ2v) is 3.62. The van der Waals surface area contributed by atoms with Gasteiger partial charge in [-0.1, -0.05) is 11.8 Å². The lowest BCUT2D eigenvalue weighted by Gasteiger charge is -2.07. The van der Waals surface area contributed by atoms with Crippen LogP contribution in [-0.4, -0.2) is 15.5 Å². The molecule has 76 valence electrons. The third-order valence-corrected chi connectivity index (χ3v) is 1.39. The van der Waals surface area contributed by atoms with E-state index in [0.717, 1.165) is 0 Å². The molecule has 0 aliphatic rings. The van der Waals surface area contributed by atoms with Crippen LogP contribution in [0.4, 0.5) is 5.82 Å². The van der Waals surface area contributed by atoms with Gasteiger partial charge in [-0.2, -0.15) is 0 Å². The van der Waals surface area contributed by atoms with Crippen molar-refractivity contribution in [3.05, 3.63) is 17.6 Å². The Kier molecular flexibility index (Phi) is 2.94. The fraction of sp³-hybridized carbons (Fsp3) is 0.273. The Bertz CT molecular complexity index is 466. The summed E-state index contributed by atoms with van der Waals surface area (Å²) in [5.74, 6) is 8.49. The highest BCUT2D eigenvalue weighted by molar-refractivity contribution is 5.40. The summed E-state index contributed by atoms with van der Waals surface area (Å²) in [4.78, 5) is 7.93. The lowest BCUT2D eigenvalue weighted by molar-refractivity contribution is 0.680. The largest absolute Gasteiger partial charge is 0.384 e. The van der Waals surface area contributed by atoms with Crippen LogP contribution >= 0.6 is 0 Å². The van der Waals surface area contributed by atoms with Gasteiger partial charge in [0, 0.05) is 6.07 Å². The summed E-state index contributed by atoms with van der Waals surface area (Å²) in [5, 5.41) is 0. The van der Waals surface area contributed by atoms with Gasteiger partial charge < -0.3 is 11.5 Å². The van der Waals surface area contributed by atoms with Crippen LogP contribution in [0.25, 0.3) is 0 Å². The maximum absolute atomic E-state index is 5.69. The molecule has 0 bridgehead atoms. The molecule has 0 unspecified atom stereocenters. The normalized spacial score (nSPS) is 10.0. The van der Waals surface area contributed by atoms with Gasteiger partial charge in [-0.05, 0) is 19.8 Å². The van der Waals surface area contributed by atoms with E-state index in [-0.39, 0.29) is 0 Å². The van der Waals surface area contributed by atoms with Crippen LogP contribution in [0.3, 0.4) is 0 Å². The van der Waals surface area contributed by atoms with Crippen molar-refractivity contribution in [3.8, 4) is 24.2 Å². The summed E-state index contributed by atoms with van der Waals surface area (Å²) in [5.41, 5.74) is 11.0. The molecule has 15 heavy (non-hydrogen) atoms. The Labute approximate surface area is 89.1 Å². The predicted molar refractivity (Wildman–Crippen MR) is 59.5 cm³/mol. The minimum atomic E-state index is -0.593. The van der Waals surface area contributed by atoms with Gasteiger partial charge in [-0.25, -0.2) is 9.97 Å². The summed E-state index contributed by atoms with van der Waals surface area (Å²) in [6.07, 6.45) is 5.20. The van der Waals surface area contributed by atoms with Gasteiger partial charge in [0.05, 0.1) is 5.54 Å². The molecule has 0 spiro atoms. The molecule has 4 heteroatoms. The van der Waals surface area contributed by atoms with Crippen molar-refractivity contribution in [1.82, 2.24) is 9.97 Å². The van der Waals surface area contributed by atoms with Crippen molar-refractivity contribution < 1.29 is 0 Å². The molecule has 1 rings (SSSR count). The zero-order valence-corrected chi connectivity index (χ0v) is 8.70. The number of rotatable bonds is 0. The Morgan fingerprint density at radius 3 is 2.60 bits per heavy atom. The van der Waals surface area contributed by atoms with Gasteiger partial charge in [-0.3, -0.25) is 0 Å². The highest BCUT2D eigenvalue weighted by atomic mass is 14.9. The van der Waals surface area contributed by atoms with Crippen LogP contribution in [-0.2, 0) is 0 Å². The Morgan fingerprint density at radius 2 is 2.07 bits per heavy atom. The van der Waals surface area contributed by atoms with Crippen molar-refractivity contribution in [3.63, 3.8) is 0 Å². The minimum Gasteiger partial charge on any atom is -0.384 e. The van der Waals surface area contributed by atoms with E-state index < -0.39 is 5.54 Å². The van der Waals surface area contributed by atoms with Gasteiger partial charge in [0.2, 0.25) is 5.82 Å². The van der Waals surface area contributed by atoms with Gasteiger partial charge in [0.1, 0.15) is 11.5 Å². The van der Waals surface area contributed by atoms with E-state index in [1.807, 2.05) is 0 Å². The van der Waals surface area contributed by atoms with Gasteiger partial charge in [0.15, 0.2) is 0 Å². The van der Waals surface area contributed by atoms with Crippen LogP contribution in [0.5, 0.6) is 0 Å². The summed E-state index contributed by atoms with van der Waals surface area (Å²) in [7, 11) is 0. The lowest BCUT2D eigenvalue weighted by atomic mass is 10.1. The first kappa shape index (κ1) is 11.0. The molecule has 0 saturated heterocycles. The second kappa shape index (κ2) is 4.00. The van der Waals surface area contributed by atoms with Crippen molar-refractivity contribution in [2.45, 2.75) is 19.4 Å². The van der Waals surface area contributed by atoms with E-state index in [1.54, 1.807) is 13.8 Å². The zero-order chi connectivity index (χ0) is 11.5. The molecular formula is C11H12N4. The topological polar surface area (TPSA) is 77.8 Å². The van der Waals surface area contributed by atoms with Gasteiger partial charge >= 0.3 is 0 Å². The van der Waals surface area contributed by atoms with Crippen molar-refractivity contribution in [2.75, 3.05) is 5.73 Å². The first-order valence-corrected chi connectivity index (χ1v) is 4.34. The summed E-state index contributed by atoms with van der Waals surface area (Å²) in [6.45, 7) is 3.57. The number of hydrogen-bond acceptors (Lipinski definition) is 4. The maximum Gasteiger partial charge on any atom is 0.208 e. The molecule has 4 N–H and O–H groups in total. The van der Waals surface area contributed by atoms with Crippen LogP contribution in [0.15, 0.2) is 6.07 Å². The molecule has 0 aliphatic carbocycles. The lowest BCUT2D eigenvalue weighted by Crippen LogP contribution is -2.29. The quantitative estimate of drug-likeness (QED) is 0.583. The molecule has 0 fully saturated rings. The third kappa shape index (κ3) is 3.68. The molecule has 0 radical (unpaired) electrons. The fourth-order valence-electron chi connectivity index (χ4n) is 0.813.